The van der Waals surface area contributed by atoms with Gasteiger partial charge < -0.3 is 5.11 Å². The molecule has 1 aromatic heterocycles. The van der Waals surface area contributed by atoms with Gasteiger partial charge in [0.1, 0.15) is 0 Å². The number of rotatable bonds is 6. The number of carboxylic acids is 1. The molecule has 0 spiro atoms. The largest absolute Gasteiger partial charge is 0.481 e. The van der Waals surface area contributed by atoms with E-state index in [1.54, 1.807) is 0 Å². The van der Waals surface area contributed by atoms with Gasteiger partial charge in [-0.1, -0.05) is 31.0 Å². The third-order valence-electron chi connectivity index (χ3n) is 3.03. The molecule has 0 radical (unpaired) electrons. The Hall–Kier alpha value is -1.24. The summed E-state index contributed by atoms with van der Waals surface area (Å²) in [6.45, 7) is 0.627. The third-order valence-corrected chi connectivity index (χ3v) is 3.99. The molecular formula is C10H15N3O3S. The first-order valence-electron chi connectivity index (χ1n) is 5.66. The van der Waals surface area contributed by atoms with Gasteiger partial charge in [-0.3, -0.25) is 9.36 Å². The number of nitrogens with zero attached hydrogens (tertiary/aromatic N) is 2. The topological polar surface area (TPSA) is 88.0 Å². The lowest BCUT2D eigenvalue weighted by molar-refractivity contribution is -0.133. The molecule has 1 aliphatic rings. The van der Waals surface area contributed by atoms with E-state index in [1.807, 2.05) is 0 Å². The zero-order chi connectivity index (χ0) is 12.3. The lowest BCUT2D eigenvalue weighted by Crippen LogP contribution is -2.21. The molecule has 0 unspecified atom stereocenters. The Morgan fingerprint density at radius 3 is 2.94 bits per heavy atom. The average Bonchev–Trinajstić information content (AvgIpc) is 2.55. The second kappa shape index (κ2) is 5.39. The van der Waals surface area contributed by atoms with E-state index in [9.17, 15) is 9.59 Å². The number of carbonyl (C=O) groups is 1. The van der Waals surface area contributed by atoms with Gasteiger partial charge in [0.05, 0.1) is 5.75 Å². The zero-order valence-electron chi connectivity index (χ0n) is 9.39. The molecule has 94 valence electrons. The van der Waals surface area contributed by atoms with Gasteiger partial charge in [-0.25, -0.2) is 9.89 Å². The van der Waals surface area contributed by atoms with Crippen LogP contribution in [0.4, 0.5) is 0 Å². The van der Waals surface area contributed by atoms with Crippen molar-refractivity contribution in [1.82, 2.24) is 14.8 Å². The quantitative estimate of drug-likeness (QED) is 0.740. The molecule has 17 heavy (non-hydrogen) atoms. The second-order valence-electron chi connectivity index (χ2n) is 4.23. The highest BCUT2D eigenvalue weighted by Crippen LogP contribution is 2.29. The van der Waals surface area contributed by atoms with Crippen LogP contribution in [0.15, 0.2) is 9.95 Å². The van der Waals surface area contributed by atoms with E-state index in [-0.39, 0.29) is 11.4 Å². The van der Waals surface area contributed by atoms with Gasteiger partial charge in [-0.05, 0) is 12.3 Å². The van der Waals surface area contributed by atoms with Crippen LogP contribution >= 0.6 is 11.8 Å². The Labute approximate surface area is 102 Å². The van der Waals surface area contributed by atoms with Crippen LogP contribution < -0.4 is 5.69 Å². The summed E-state index contributed by atoms with van der Waals surface area (Å²) in [4.78, 5) is 22.0. The van der Waals surface area contributed by atoms with Crippen molar-refractivity contribution in [3.8, 4) is 0 Å². The summed E-state index contributed by atoms with van der Waals surface area (Å²) in [5.74, 6) is -0.265. The molecule has 1 aromatic rings. The van der Waals surface area contributed by atoms with Crippen LogP contribution in [0.1, 0.15) is 25.7 Å². The predicted octanol–water partition coefficient (Wildman–Crippen LogP) is 0.938. The standard InChI is InChI=1S/C10H15N3O3S/c14-8(15)6-17-10-12-11-9(16)13(10)5-4-7-2-1-3-7/h7H,1-6H2,(H,11,16)(H,14,15). The van der Waals surface area contributed by atoms with Crippen LogP contribution in [0.2, 0.25) is 0 Å². The number of aromatic amines is 1. The van der Waals surface area contributed by atoms with Gasteiger partial charge in [0.15, 0.2) is 5.16 Å². The molecule has 6 nitrogen and oxygen atoms in total. The number of carboxylic acid groups (broad SMARTS) is 1. The highest BCUT2D eigenvalue weighted by Gasteiger charge is 2.18. The molecule has 1 saturated carbocycles. The maximum Gasteiger partial charge on any atom is 0.343 e. The van der Waals surface area contributed by atoms with Gasteiger partial charge in [0.2, 0.25) is 0 Å². The summed E-state index contributed by atoms with van der Waals surface area (Å²) in [6, 6.07) is 0. The summed E-state index contributed by atoms with van der Waals surface area (Å²) in [7, 11) is 0. The number of hydrogen-bond acceptors (Lipinski definition) is 4. The molecule has 0 bridgehead atoms. The van der Waals surface area contributed by atoms with Crippen molar-refractivity contribution in [2.45, 2.75) is 37.4 Å². The van der Waals surface area contributed by atoms with Crippen LogP contribution in [0.5, 0.6) is 0 Å². The summed E-state index contributed by atoms with van der Waals surface area (Å²) in [6.07, 6.45) is 4.74. The first-order valence-corrected chi connectivity index (χ1v) is 6.65. The van der Waals surface area contributed by atoms with Crippen molar-refractivity contribution in [2.75, 3.05) is 5.75 Å². The van der Waals surface area contributed by atoms with Crippen molar-refractivity contribution in [2.24, 2.45) is 5.92 Å². The first kappa shape index (κ1) is 12.2. The minimum Gasteiger partial charge on any atom is -0.481 e. The smallest absolute Gasteiger partial charge is 0.343 e. The van der Waals surface area contributed by atoms with Crippen LogP contribution in [0.3, 0.4) is 0 Å². The maximum absolute atomic E-state index is 11.5. The highest BCUT2D eigenvalue weighted by molar-refractivity contribution is 7.99. The SMILES string of the molecule is O=C(O)CSc1n[nH]c(=O)n1CCC1CCC1. The van der Waals surface area contributed by atoms with E-state index >= 15 is 0 Å². The second-order valence-corrected chi connectivity index (χ2v) is 5.17. The Bertz CT molecular complexity index is 450. The van der Waals surface area contributed by atoms with Crippen molar-refractivity contribution >= 4 is 17.7 Å². The molecule has 2 N–H and O–H groups in total. The number of nitrogens with one attached hydrogen (secondary N) is 1. The lowest BCUT2D eigenvalue weighted by Gasteiger charge is -2.25. The predicted molar refractivity (Wildman–Crippen MR) is 63.2 cm³/mol. The fraction of sp³-hybridized carbons (Fsp3) is 0.700. The molecule has 2 rings (SSSR count). The Morgan fingerprint density at radius 1 is 1.59 bits per heavy atom. The lowest BCUT2D eigenvalue weighted by atomic mass is 9.83. The van der Waals surface area contributed by atoms with Crippen molar-refractivity contribution < 1.29 is 9.90 Å². The van der Waals surface area contributed by atoms with Gasteiger partial charge in [-0.2, -0.15) is 0 Å². The van der Waals surface area contributed by atoms with E-state index in [0.717, 1.165) is 18.2 Å². The average molecular weight is 257 g/mol. The van der Waals surface area contributed by atoms with E-state index in [0.29, 0.717) is 17.6 Å². The molecule has 1 heterocycles. The molecular weight excluding hydrogens is 242 g/mol. The molecule has 0 amide bonds. The molecule has 7 heteroatoms. The minimum atomic E-state index is -0.906. The van der Waals surface area contributed by atoms with E-state index < -0.39 is 5.97 Å². The summed E-state index contributed by atoms with van der Waals surface area (Å²) in [5, 5.41) is 15.3. The van der Waals surface area contributed by atoms with E-state index in [4.69, 9.17) is 5.11 Å². The van der Waals surface area contributed by atoms with Gasteiger partial charge in [0, 0.05) is 6.54 Å². The van der Waals surface area contributed by atoms with E-state index in [2.05, 4.69) is 10.2 Å². The third kappa shape index (κ3) is 3.12. The van der Waals surface area contributed by atoms with Crippen LogP contribution in [-0.4, -0.2) is 31.6 Å². The Morgan fingerprint density at radius 2 is 2.35 bits per heavy atom. The van der Waals surface area contributed by atoms with Crippen molar-refractivity contribution in [3.05, 3.63) is 10.5 Å². The molecule has 0 aliphatic heterocycles. The van der Waals surface area contributed by atoms with Gasteiger partial charge >= 0.3 is 11.7 Å². The highest BCUT2D eigenvalue weighted by atomic mass is 32.2. The van der Waals surface area contributed by atoms with Crippen LogP contribution in [0, 0.1) is 5.92 Å². The number of H-pyrrole nitrogens is 1. The molecule has 0 atom stereocenters. The fourth-order valence-corrected chi connectivity index (χ4v) is 2.52. The van der Waals surface area contributed by atoms with Gasteiger partial charge in [0.25, 0.3) is 0 Å². The number of thioether (sulfide) groups is 1. The Kier molecular flexibility index (Phi) is 3.88. The zero-order valence-corrected chi connectivity index (χ0v) is 10.2. The normalized spacial score (nSPS) is 15.8. The minimum absolute atomic E-state index is 0.0757. The monoisotopic (exact) mass is 257 g/mol. The molecule has 0 saturated heterocycles. The molecule has 0 aromatic carbocycles. The molecule has 1 aliphatic carbocycles. The fourth-order valence-electron chi connectivity index (χ4n) is 1.83. The number of hydrogen-bond donors (Lipinski definition) is 2. The first-order chi connectivity index (χ1) is 8.16. The maximum atomic E-state index is 11.5. The van der Waals surface area contributed by atoms with Crippen LogP contribution in [-0.2, 0) is 11.3 Å². The van der Waals surface area contributed by atoms with Gasteiger partial charge in [-0.15, -0.1) is 5.10 Å². The van der Waals surface area contributed by atoms with E-state index in [1.165, 1.54) is 23.8 Å². The van der Waals surface area contributed by atoms with Crippen molar-refractivity contribution in [3.63, 3.8) is 0 Å². The molecule has 1 fully saturated rings. The summed E-state index contributed by atoms with van der Waals surface area (Å²) < 4.78 is 1.53. The van der Waals surface area contributed by atoms with Crippen molar-refractivity contribution in [1.29, 1.82) is 0 Å². The van der Waals surface area contributed by atoms with Crippen LogP contribution in [0.25, 0.3) is 0 Å². The number of aliphatic carboxylic acids is 1. The summed E-state index contributed by atoms with van der Waals surface area (Å²) in [5.41, 5.74) is -0.253. The number of aromatic nitrogens is 3. The summed E-state index contributed by atoms with van der Waals surface area (Å²) >= 11 is 1.07. The Balaban J connectivity index is 1.95.